The first kappa shape index (κ1) is 24.1. The highest BCUT2D eigenvalue weighted by molar-refractivity contribution is 7.14. The quantitative estimate of drug-likeness (QED) is 0.447. The molecule has 174 valence electrons. The summed E-state index contributed by atoms with van der Waals surface area (Å²) in [5, 5.41) is 11.4. The number of rotatable bonds is 11. The highest BCUT2D eigenvalue weighted by Gasteiger charge is 2.21. The Labute approximate surface area is 196 Å². The SMILES string of the molecule is COc1ccc(-c2csc(N(CCc3ccc(OC)c(OC)c3)C(=O)CCC(=O)O)n2)cc1. The van der Waals surface area contributed by atoms with Crippen molar-refractivity contribution in [3.05, 3.63) is 53.4 Å². The third-order valence-corrected chi connectivity index (χ3v) is 5.90. The summed E-state index contributed by atoms with van der Waals surface area (Å²) in [6.45, 7) is 0.351. The Balaban J connectivity index is 1.81. The Bertz CT molecular complexity index is 1100. The smallest absolute Gasteiger partial charge is 0.303 e. The Morgan fingerprint density at radius 3 is 2.33 bits per heavy atom. The van der Waals surface area contributed by atoms with Crippen LogP contribution >= 0.6 is 11.3 Å². The van der Waals surface area contributed by atoms with Crippen LogP contribution in [-0.4, -0.2) is 49.8 Å². The van der Waals surface area contributed by atoms with Crippen molar-refractivity contribution in [2.75, 3.05) is 32.8 Å². The minimum Gasteiger partial charge on any atom is -0.497 e. The molecule has 3 rings (SSSR count). The van der Waals surface area contributed by atoms with E-state index < -0.39 is 5.97 Å². The van der Waals surface area contributed by atoms with Gasteiger partial charge in [0.25, 0.3) is 0 Å². The molecule has 2 aromatic carbocycles. The molecule has 0 bridgehead atoms. The number of benzene rings is 2. The van der Waals surface area contributed by atoms with Crippen molar-refractivity contribution in [3.8, 4) is 28.5 Å². The molecule has 0 spiro atoms. The fourth-order valence-electron chi connectivity index (χ4n) is 3.24. The molecule has 33 heavy (non-hydrogen) atoms. The predicted octanol–water partition coefficient (Wildman–Crippen LogP) is 4.28. The molecule has 0 aliphatic heterocycles. The van der Waals surface area contributed by atoms with E-state index in [4.69, 9.17) is 19.3 Å². The number of ether oxygens (including phenoxy) is 3. The number of methoxy groups -OCH3 is 3. The molecule has 8 nitrogen and oxygen atoms in total. The maximum atomic E-state index is 12.9. The second-order valence-corrected chi connectivity index (χ2v) is 7.96. The van der Waals surface area contributed by atoms with Crippen molar-refractivity contribution < 1.29 is 28.9 Å². The third kappa shape index (κ3) is 6.23. The summed E-state index contributed by atoms with van der Waals surface area (Å²) in [5.74, 6) is 0.679. The number of carboxylic acid groups (broad SMARTS) is 1. The number of aliphatic carboxylic acids is 1. The van der Waals surface area contributed by atoms with E-state index in [-0.39, 0.29) is 18.7 Å². The lowest BCUT2D eigenvalue weighted by Crippen LogP contribution is -2.33. The first-order valence-electron chi connectivity index (χ1n) is 10.3. The largest absolute Gasteiger partial charge is 0.497 e. The number of amides is 1. The van der Waals surface area contributed by atoms with Crippen LogP contribution in [0.25, 0.3) is 11.3 Å². The number of hydrogen-bond donors (Lipinski definition) is 1. The summed E-state index contributed by atoms with van der Waals surface area (Å²) < 4.78 is 15.8. The second-order valence-electron chi connectivity index (χ2n) is 7.12. The van der Waals surface area contributed by atoms with Gasteiger partial charge in [-0.15, -0.1) is 11.3 Å². The molecule has 0 atom stereocenters. The maximum Gasteiger partial charge on any atom is 0.303 e. The van der Waals surface area contributed by atoms with Gasteiger partial charge in [0.2, 0.25) is 5.91 Å². The molecule has 0 aliphatic carbocycles. The van der Waals surface area contributed by atoms with Gasteiger partial charge in [-0.25, -0.2) is 4.98 Å². The minimum atomic E-state index is -1.01. The molecule has 0 saturated carbocycles. The number of thiazole rings is 1. The lowest BCUT2D eigenvalue weighted by Gasteiger charge is -2.20. The van der Waals surface area contributed by atoms with Crippen LogP contribution in [-0.2, 0) is 16.0 Å². The maximum absolute atomic E-state index is 12.9. The molecule has 1 heterocycles. The standard InChI is InChI=1S/C24H26N2O6S/c1-30-18-7-5-17(6-8-18)19-15-33-24(25-19)26(22(27)10-11-23(28)29)13-12-16-4-9-20(31-2)21(14-16)32-3/h4-9,14-15H,10-13H2,1-3H3,(H,28,29). The van der Waals surface area contributed by atoms with E-state index in [2.05, 4.69) is 4.98 Å². The summed E-state index contributed by atoms with van der Waals surface area (Å²) in [7, 11) is 4.75. The van der Waals surface area contributed by atoms with Gasteiger partial charge < -0.3 is 19.3 Å². The average Bonchev–Trinajstić information content (AvgIpc) is 3.32. The molecule has 9 heteroatoms. The van der Waals surface area contributed by atoms with Gasteiger partial charge in [0.05, 0.1) is 33.4 Å². The second kappa shape index (κ2) is 11.3. The molecule has 3 aromatic rings. The van der Waals surface area contributed by atoms with Gasteiger partial charge in [-0.05, 0) is 48.4 Å². The highest BCUT2D eigenvalue weighted by atomic mass is 32.1. The first-order valence-corrected chi connectivity index (χ1v) is 11.2. The van der Waals surface area contributed by atoms with Crippen molar-refractivity contribution in [2.24, 2.45) is 0 Å². The summed E-state index contributed by atoms with van der Waals surface area (Å²) in [6.07, 6.45) is 0.206. The van der Waals surface area contributed by atoms with E-state index in [1.807, 2.05) is 47.8 Å². The normalized spacial score (nSPS) is 10.5. The number of nitrogens with zero attached hydrogens (tertiary/aromatic N) is 2. The van der Waals surface area contributed by atoms with Crippen LogP contribution in [0, 0.1) is 0 Å². The Morgan fingerprint density at radius 1 is 0.970 bits per heavy atom. The van der Waals surface area contributed by atoms with Crippen LogP contribution in [0.1, 0.15) is 18.4 Å². The Hall–Kier alpha value is -3.59. The number of hydrogen-bond acceptors (Lipinski definition) is 7. The Kier molecular flexibility index (Phi) is 8.26. The van der Waals surface area contributed by atoms with Gasteiger partial charge in [0.1, 0.15) is 5.75 Å². The van der Waals surface area contributed by atoms with Crippen LogP contribution in [0.4, 0.5) is 5.13 Å². The summed E-state index contributed by atoms with van der Waals surface area (Å²) >= 11 is 1.34. The summed E-state index contributed by atoms with van der Waals surface area (Å²) in [4.78, 5) is 30.1. The van der Waals surface area contributed by atoms with Gasteiger partial charge in [0.15, 0.2) is 16.6 Å². The van der Waals surface area contributed by atoms with Crippen molar-refractivity contribution in [3.63, 3.8) is 0 Å². The minimum absolute atomic E-state index is 0.0985. The number of carbonyl (C=O) groups is 2. The number of carboxylic acids is 1. The van der Waals surface area contributed by atoms with Crippen LogP contribution in [0.3, 0.4) is 0 Å². The molecular formula is C24H26N2O6S. The topological polar surface area (TPSA) is 98.2 Å². The predicted molar refractivity (Wildman–Crippen MR) is 127 cm³/mol. The Morgan fingerprint density at radius 2 is 1.70 bits per heavy atom. The van der Waals surface area contributed by atoms with Gasteiger partial charge in [-0.3, -0.25) is 14.5 Å². The lowest BCUT2D eigenvalue weighted by molar-refractivity contribution is -0.138. The zero-order valence-corrected chi connectivity index (χ0v) is 19.6. The molecule has 1 amide bonds. The van der Waals surface area contributed by atoms with Gasteiger partial charge in [-0.1, -0.05) is 6.07 Å². The molecular weight excluding hydrogens is 444 g/mol. The lowest BCUT2D eigenvalue weighted by atomic mass is 10.1. The molecule has 0 radical (unpaired) electrons. The third-order valence-electron chi connectivity index (χ3n) is 5.03. The molecule has 0 aliphatic rings. The van der Waals surface area contributed by atoms with E-state index in [0.29, 0.717) is 29.6 Å². The van der Waals surface area contributed by atoms with E-state index in [9.17, 15) is 9.59 Å². The molecule has 0 unspecified atom stereocenters. The van der Waals surface area contributed by atoms with Crippen molar-refractivity contribution in [2.45, 2.75) is 19.3 Å². The number of carbonyl (C=O) groups excluding carboxylic acids is 1. The van der Waals surface area contributed by atoms with Gasteiger partial charge in [-0.2, -0.15) is 0 Å². The van der Waals surface area contributed by atoms with Gasteiger partial charge >= 0.3 is 5.97 Å². The zero-order valence-electron chi connectivity index (χ0n) is 18.7. The van der Waals surface area contributed by atoms with E-state index in [1.54, 1.807) is 26.2 Å². The number of anilines is 1. The summed E-state index contributed by atoms with van der Waals surface area (Å²) in [6, 6.07) is 13.1. The van der Waals surface area contributed by atoms with Crippen molar-refractivity contribution >= 4 is 28.3 Å². The molecule has 1 N–H and O–H groups in total. The highest BCUT2D eigenvalue weighted by Crippen LogP contribution is 2.31. The van der Waals surface area contributed by atoms with Crippen LogP contribution < -0.4 is 19.1 Å². The monoisotopic (exact) mass is 470 g/mol. The van der Waals surface area contributed by atoms with E-state index in [1.165, 1.54) is 11.3 Å². The average molecular weight is 471 g/mol. The first-order chi connectivity index (χ1) is 15.9. The zero-order chi connectivity index (χ0) is 23.8. The van der Waals surface area contributed by atoms with Gasteiger partial charge in [0, 0.05) is 23.9 Å². The fourth-order valence-corrected chi connectivity index (χ4v) is 4.11. The van der Waals surface area contributed by atoms with Crippen LogP contribution in [0.2, 0.25) is 0 Å². The molecule has 0 saturated heterocycles. The van der Waals surface area contributed by atoms with Crippen LogP contribution in [0.15, 0.2) is 47.8 Å². The summed E-state index contributed by atoms with van der Waals surface area (Å²) in [5.41, 5.74) is 2.59. The van der Waals surface area contributed by atoms with Crippen molar-refractivity contribution in [1.29, 1.82) is 0 Å². The van der Waals surface area contributed by atoms with E-state index in [0.717, 1.165) is 22.6 Å². The van der Waals surface area contributed by atoms with E-state index >= 15 is 0 Å². The van der Waals surface area contributed by atoms with Crippen molar-refractivity contribution in [1.82, 2.24) is 4.98 Å². The van der Waals surface area contributed by atoms with Crippen LogP contribution in [0.5, 0.6) is 17.2 Å². The fraction of sp³-hybridized carbons (Fsp3) is 0.292. The number of aromatic nitrogens is 1. The molecule has 0 fully saturated rings. The molecule has 1 aromatic heterocycles.